The van der Waals surface area contributed by atoms with Crippen LogP contribution in [0.3, 0.4) is 0 Å². The van der Waals surface area contributed by atoms with Gasteiger partial charge in [-0.2, -0.15) is 0 Å². The van der Waals surface area contributed by atoms with Gasteiger partial charge in [0.25, 0.3) is 0 Å². The number of piperidine rings is 1. The number of hydrogen-bond acceptors (Lipinski definition) is 6. The fourth-order valence-electron chi connectivity index (χ4n) is 3.39. The van der Waals surface area contributed by atoms with Gasteiger partial charge in [-0.1, -0.05) is 18.6 Å². The summed E-state index contributed by atoms with van der Waals surface area (Å²) in [6.07, 6.45) is 3.01. The fraction of sp³-hybridized carbons (Fsp3) is 0.412. The molecule has 2 saturated heterocycles. The molecule has 2 aliphatic heterocycles. The predicted molar refractivity (Wildman–Crippen MR) is 92.8 cm³/mol. The monoisotopic (exact) mass is 358 g/mol. The van der Waals surface area contributed by atoms with Crippen LogP contribution >= 0.6 is 11.3 Å². The first-order valence-corrected chi connectivity index (χ1v) is 9.11. The number of carbonyl (C=O) groups excluding carboxylic acids is 3. The highest BCUT2D eigenvalue weighted by Crippen LogP contribution is 2.35. The van der Waals surface area contributed by atoms with Crippen molar-refractivity contribution in [3.8, 4) is 0 Å². The van der Waals surface area contributed by atoms with Crippen molar-refractivity contribution < 1.29 is 14.4 Å². The van der Waals surface area contributed by atoms with Crippen molar-refractivity contribution in [3.63, 3.8) is 0 Å². The van der Waals surface area contributed by atoms with E-state index in [1.54, 1.807) is 11.3 Å². The molecule has 2 aromatic rings. The van der Waals surface area contributed by atoms with Gasteiger partial charge in [-0.25, -0.2) is 14.7 Å². The zero-order valence-electron chi connectivity index (χ0n) is 13.8. The second-order valence-electron chi connectivity index (χ2n) is 6.37. The molecule has 4 amide bonds. The van der Waals surface area contributed by atoms with Crippen LogP contribution in [0.25, 0.3) is 10.2 Å². The van der Waals surface area contributed by atoms with Crippen LogP contribution in [-0.2, 0) is 9.59 Å². The van der Waals surface area contributed by atoms with Crippen LogP contribution in [0.4, 0.5) is 4.79 Å². The molecule has 7 nitrogen and oxygen atoms in total. The molecule has 0 N–H and O–H groups in total. The number of fused-ring (bicyclic) bond motifs is 1. The molecule has 0 radical (unpaired) electrons. The molecule has 0 aliphatic carbocycles. The van der Waals surface area contributed by atoms with E-state index in [-0.39, 0.29) is 12.7 Å². The van der Waals surface area contributed by atoms with E-state index < -0.39 is 17.8 Å². The molecule has 2 fully saturated rings. The molecule has 8 heteroatoms. The molecule has 0 spiro atoms. The van der Waals surface area contributed by atoms with Crippen LogP contribution in [0.1, 0.15) is 30.3 Å². The van der Waals surface area contributed by atoms with Crippen LogP contribution in [0, 0.1) is 0 Å². The average molecular weight is 358 g/mol. The molecular formula is C17H18N4O3S. The van der Waals surface area contributed by atoms with Crippen molar-refractivity contribution in [2.24, 2.45) is 0 Å². The number of likely N-dealkylation sites (tertiary alicyclic amines) is 1. The third-order valence-electron chi connectivity index (χ3n) is 4.78. The summed E-state index contributed by atoms with van der Waals surface area (Å²) in [5.41, 5.74) is 0.969. The smallest absolute Gasteiger partial charge is 0.276 e. The van der Waals surface area contributed by atoms with E-state index in [0.717, 1.165) is 50.8 Å². The van der Waals surface area contributed by atoms with E-state index in [0.29, 0.717) is 0 Å². The third-order valence-corrected chi connectivity index (χ3v) is 5.92. The number of rotatable bonds is 3. The van der Waals surface area contributed by atoms with E-state index in [9.17, 15) is 14.4 Å². The Morgan fingerprint density at radius 1 is 1.16 bits per heavy atom. The Bertz CT molecular complexity index is 831. The Labute approximate surface area is 148 Å². The largest absolute Gasteiger partial charge is 0.335 e. The lowest BCUT2D eigenvalue weighted by Crippen LogP contribution is -2.45. The molecule has 2 aliphatic rings. The second-order valence-corrected chi connectivity index (χ2v) is 7.43. The lowest BCUT2D eigenvalue weighted by atomic mass is 10.0. The van der Waals surface area contributed by atoms with Crippen LogP contribution in [0.15, 0.2) is 24.3 Å². The summed E-state index contributed by atoms with van der Waals surface area (Å²) in [5.74, 6) is -1.51. The molecule has 0 unspecified atom stereocenters. The van der Waals surface area contributed by atoms with Crippen molar-refractivity contribution in [1.82, 2.24) is 19.7 Å². The summed E-state index contributed by atoms with van der Waals surface area (Å²) in [4.78, 5) is 44.7. The summed E-state index contributed by atoms with van der Waals surface area (Å²) in [7, 11) is 1.34. The molecule has 0 saturated carbocycles. The number of nitrogens with zero attached hydrogens (tertiary/aromatic N) is 4. The quantitative estimate of drug-likeness (QED) is 0.621. The molecule has 1 atom stereocenters. The highest BCUT2D eigenvalue weighted by Gasteiger charge is 2.44. The van der Waals surface area contributed by atoms with Crippen molar-refractivity contribution in [2.75, 3.05) is 20.3 Å². The van der Waals surface area contributed by atoms with Crippen LogP contribution in [0.2, 0.25) is 0 Å². The van der Waals surface area contributed by atoms with Crippen molar-refractivity contribution in [2.45, 2.75) is 25.3 Å². The molecule has 130 valence electrons. The van der Waals surface area contributed by atoms with Crippen molar-refractivity contribution in [3.05, 3.63) is 29.3 Å². The molecule has 25 heavy (non-hydrogen) atoms. The number of amides is 4. The van der Waals surface area contributed by atoms with E-state index >= 15 is 0 Å². The van der Waals surface area contributed by atoms with Gasteiger partial charge in [0.15, 0.2) is 0 Å². The second kappa shape index (κ2) is 6.20. The van der Waals surface area contributed by atoms with E-state index in [1.165, 1.54) is 7.05 Å². The molecule has 4 rings (SSSR count). The first-order valence-electron chi connectivity index (χ1n) is 8.29. The third kappa shape index (κ3) is 2.71. The van der Waals surface area contributed by atoms with Crippen molar-refractivity contribution >= 4 is 39.4 Å². The summed E-state index contributed by atoms with van der Waals surface area (Å²) >= 11 is 1.65. The van der Waals surface area contributed by atoms with Crippen LogP contribution in [-0.4, -0.2) is 57.8 Å². The first kappa shape index (κ1) is 16.2. The van der Waals surface area contributed by atoms with Gasteiger partial charge < -0.3 is 0 Å². The zero-order chi connectivity index (χ0) is 17.6. The lowest BCUT2D eigenvalue weighted by Gasteiger charge is -2.35. The summed E-state index contributed by atoms with van der Waals surface area (Å²) < 4.78 is 1.13. The molecule has 3 heterocycles. The minimum atomic E-state index is -0.765. The Hall–Kier alpha value is -2.32. The van der Waals surface area contributed by atoms with Crippen molar-refractivity contribution in [1.29, 1.82) is 0 Å². The Morgan fingerprint density at radius 3 is 2.68 bits per heavy atom. The number of carbonyl (C=O) groups is 3. The van der Waals surface area contributed by atoms with Gasteiger partial charge in [0.2, 0.25) is 0 Å². The number of urea groups is 1. The summed E-state index contributed by atoms with van der Waals surface area (Å²) in [6, 6.07) is 7.50. The SMILES string of the molecule is CN1C(=O)C(=O)N(CN2CCCC[C@@H]2c2nc3ccccc3s2)C1=O. The van der Waals surface area contributed by atoms with Gasteiger partial charge in [0.05, 0.1) is 22.9 Å². The van der Waals surface area contributed by atoms with Gasteiger partial charge >= 0.3 is 17.8 Å². The van der Waals surface area contributed by atoms with E-state index in [1.807, 2.05) is 24.3 Å². The fourth-order valence-corrected chi connectivity index (χ4v) is 4.53. The maximum absolute atomic E-state index is 12.2. The summed E-state index contributed by atoms with van der Waals surface area (Å²) in [5, 5.41) is 1.000. The average Bonchev–Trinajstić information content (AvgIpc) is 3.14. The number of imide groups is 2. The number of likely N-dealkylation sites (N-methyl/N-ethyl adjacent to an activating group) is 1. The lowest BCUT2D eigenvalue weighted by molar-refractivity contribution is -0.143. The van der Waals surface area contributed by atoms with E-state index in [4.69, 9.17) is 4.98 Å². The molecular weight excluding hydrogens is 340 g/mol. The Morgan fingerprint density at radius 2 is 1.96 bits per heavy atom. The zero-order valence-corrected chi connectivity index (χ0v) is 14.7. The number of thiazole rings is 1. The highest BCUT2D eigenvalue weighted by molar-refractivity contribution is 7.18. The molecule has 0 bridgehead atoms. The van der Waals surface area contributed by atoms with Gasteiger partial charge in [-0.15, -0.1) is 11.3 Å². The summed E-state index contributed by atoms with van der Waals surface area (Å²) in [6.45, 7) is 0.907. The topological polar surface area (TPSA) is 73.8 Å². The normalized spacial score (nSPS) is 22.4. The minimum absolute atomic E-state index is 0.0627. The number of aromatic nitrogens is 1. The maximum atomic E-state index is 12.2. The number of benzene rings is 1. The minimum Gasteiger partial charge on any atom is -0.276 e. The van der Waals surface area contributed by atoms with Gasteiger partial charge in [0, 0.05) is 13.6 Å². The van der Waals surface area contributed by atoms with Gasteiger partial charge in [-0.3, -0.25) is 19.4 Å². The first-order chi connectivity index (χ1) is 12.1. The van der Waals surface area contributed by atoms with E-state index in [2.05, 4.69) is 4.90 Å². The van der Waals surface area contributed by atoms with Gasteiger partial charge in [-0.05, 0) is 25.0 Å². The van der Waals surface area contributed by atoms with Gasteiger partial charge in [0.1, 0.15) is 5.01 Å². The Balaban J connectivity index is 1.60. The van der Waals surface area contributed by atoms with Crippen LogP contribution < -0.4 is 0 Å². The maximum Gasteiger partial charge on any atom is 0.335 e. The number of hydrogen-bond donors (Lipinski definition) is 0. The molecule has 1 aromatic carbocycles. The highest BCUT2D eigenvalue weighted by atomic mass is 32.1. The van der Waals surface area contributed by atoms with Crippen LogP contribution in [0.5, 0.6) is 0 Å². The standard InChI is InChI=1S/C17H18N4O3S/c1-19-15(22)16(23)21(17(19)24)10-20-9-5-4-7-12(20)14-18-11-6-2-3-8-13(11)25-14/h2-3,6,8,12H,4-5,7,9-10H2,1H3/t12-/m1/s1. The Kier molecular flexibility index (Phi) is 4.01. The predicted octanol–water partition coefficient (Wildman–Crippen LogP) is 2.20. The molecule has 1 aromatic heterocycles. The number of para-hydroxylation sites is 1.